The van der Waals surface area contributed by atoms with Crippen LogP contribution < -0.4 is 5.32 Å². The molecule has 0 aliphatic heterocycles. The second-order valence-electron chi connectivity index (χ2n) is 3.13. The normalized spacial score (nSPS) is 10.7. The van der Waals surface area contributed by atoms with Gasteiger partial charge in [-0.15, -0.1) is 0 Å². The van der Waals surface area contributed by atoms with Gasteiger partial charge in [-0.3, -0.25) is 4.98 Å². The van der Waals surface area contributed by atoms with Crippen LogP contribution in [0.2, 0.25) is 5.02 Å². The van der Waals surface area contributed by atoms with Crippen molar-refractivity contribution in [2.75, 3.05) is 7.05 Å². The number of benzene rings is 1. The van der Waals surface area contributed by atoms with Crippen LogP contribution in [-0.2, 0) is 6.54 Å². The van der Waals surface area contributed by atoms with Crippen LogP contribution in [0.1, 0.15) is 5.56 Å². The lowest BCUT2D eigenvalue weighted by atomic mass is 10.1. The topological polar surface area (TPSA) is 24.9 Å². The number of halogens is 1. The zero-order chi connectivity index (χ0) is 9.97. The predicted octanol–water partition coefficient (Wildman–Crippen LogP) is 2.61. The van der Waals surface area contributed by atoms with Gasteiger partial charge >= 0.3 is 0 Å². The molecule has 2 nitrogen and oxygen atoms in total. The maximum absolute atomic E-state index is 6.10. The summed E-state index contributed by atoms with van der Waals surface area (Å²) in [5.41, 5.74) is 2.04. The van der Waals surface area contributed by atoms with E-state index in [-0.39, 0.29) is 0 Å². The molecule has 3 heteroatoms. The highest BCUT2D eigenvalue weighted by Crippen LogP contribution is 2.23. The summed E-state index contributed by atoms with van der Waals surface area (Å²) in [5, 5.41) is 4.99. The number of nitrogens with zero attached hydrogens (tertiary/aromatic N) is 1. The van der Waals surface area contributed by atoms with Gasteiger partial charge < -0.3 is 5.32 Å². The molecule has 72 valence electrons. The molecule has 1 aromatic heterocycles. The van der Waals surface area contributed by atoms with E-state index in [1.807, 2.05) is 31.3 Å². The first kappa shape index (κ1) is 9.44. The highest BCUT2D eigenvalue weighted by molar-refractivity contribution is 6.32. The maximum Gasteiger partial charge on any atom is 0.0761 e. The van der Waals surface area contributed by atoms with E-state index in [1.54, 1.807) is 6.20 Å². The fraction of sp³-hybridized carbons (Fsp3) is 0.182. The zero-order valence-corrected chi connectivity index (χ0v) is 8.67. The molecule has 0 aliphatic carbocycles. The van der Waals surface area contributed by atoms with Crippen molar-refractivity contribution in [3.05, 3.63) is 41.0 Å². The van der Waals surface area contributed by atoms with E-state index in [0.717, 1.165) is 28.0 Å². The van der Waals surface area contributed by atoms with Gasteiger partial charge in [0, 0.05) is 28.7 Å². The summed E-state index contributed by atoms with van der Waals surface area (Å²) in [6, 6.07) is 7.87. The number of pyridine rings is 1. The quantitative estimate of drug-likeness (QED) is 0.817. The van der Waals surface area contributed by atoms with Gasteiger partial charge in [-0.25, -0.2) is 0 Å². The summed E-state index contributed by atoms with van der Waals surface area (Å²) in [4.78, 5) is 4.34. The Bertz CT molecular complexity index is 454. The van der Waals surface area contributed by atoms with Crippen LogP contribution >= 0.6 is 11.6 Å². The van der Waals surface area contributed by atoms with Crippen LogP contribution in [0.4, 0.5) is 0 Å². The zero-order valence-electron chi connectivity index (χ0n) is 7.92. The van der Waals surface area contributed by atoms with Gasteiger partial charge in [0.2, 0.25) is 0 Å². The molecule has 0 radical (unpaired) electrons. The van der Waals surface area contributed by atoms with Crippen LogP contribution in [0.15, 0.2) is 30.5 Å². The Morgan fingerprint density at radius 2 is 2.21 bits per heavy atom. The Kier molecular flexibility index (Phi) is 2.66. The standard InChI is InChI=1S/C11H11ClN2/c1-13-7-9-10(12)5-4-8-3-2-6-14-11(8)9/h2-6,13H,7H2,1H3. The van der Waals surface area contributed by atoms with E-state index in [1.165, 1.54) is 0 Å². The molecule has 0 bridgehead atoms. The minimum Gasteiger partial charge on any atom is -0.316 e. The van der Waals surface area contributed by atoms with Crippen molar-refractivity contribution in [2.24, 2.45) is 0 Å². The van der Waals surface area contributed by atoms with Gasteiger partial charge in [-0.1, -0.05) is 23.7 Å². The van der Waals surface area contributed by atoms with Crippen LogP contribution in [-0.4, -0.2) is 12.0 Å². The monoisotopic (exact) mass is 206 g/mol. The van der Waals surface area contributed by atoms with E-state index in [0.29, 0.717) is 0 Å². The molecule has 1 N–H and O–H groups in total. The highest BCUT2D eigenvalue weighted by atomic mass is 35.5. The Morgan fingerprint density at radius 3 is 3.00 bits per heavy atom. The summed E-state index contributed by atoms with van der Waals surface area (Å²) < 4.78 is 0. The number of aromatic nitrogens is 1. The van der Waals surface area contributed by atoms with E-state index >= 15 is 0 Å². The molecule has 2 aromatic rings. The molecular formula is C11H11ClN2. The molecule has 0 fully saturated rings. The number of hydrogen-bond acceptors (Lipinski definition) is 2. The first-order valence-corrected chi connectivity index (χ1v) is 4.87. The third-order valence-electron chi connectivity index (χ3n) is 2.18. The minimum atomic E-state index is 0.743. The third kappa shape index (κ3) is 1.59. The summed E-state index contributed by atoms with van der Waals surface area (Å²) in [5.74, 6) is 0. The Balaban J connectivity index is 2.69. The van der Waals surface area contributed by atoms with Gasteiger partial charge in [0.05, 0.1) is 5.52 Å². The summed E-state index contributed by atoms with van der Waals surface area (Å²) >= 11 is 6.10. The van der Waals surface area contributed by atoms with E-state index in [2.05, 4.69) is 10.3 Å². The Labute approximate surface area is 87.9 Å². The molecule has 0 spiro atoms. The van der Waals surface area contributed by atoms with E-state index < -0.39 is 0 Å². The summed E-state index contributed by atoms with van der Waals surface area (Å²) in [6.45, 7) is 0.743. The fourth-order valence-corrected chi connectivity index (χ4v) is 1.75. The van der Waals surface area contributed by atoms with Crippen LogP contribution in [0, 0.1) is 0 Å². The third-order valence-corrected chi connectivity index (χ3v) is 2.53. The van der Waals surface area contributed by atoms with Gasteiger partial charge in [-0.2, -0.15) is 0 Å². The molecule has 2 rings (SSSR count). The smallest absolute Gasteiger partial charge is 0.0761 e. The minimum absolute atomic E-state index is 0.743. The van der Waals surface area contributed by atoms with Crippen molar-refractivity contribution in [1.82, 2.24) is 10.3 Å². The number of nitrogens with one attached hydrogen (secondary N) is 1. The van der Waals surface area contributed by atoms with Crippen LogP contribution in [0.25, 0.3) is 10.9 Å². The molecular weight excluding hydrogens is 196 g/mol. The molecule has 14 heavy (non-hydrogen) atoms. The molecule has 0 aliphatic rings. The first-order valence-electron chi connectivity index (χ1n) is 4.49. The highest BCUT2D eigenvalue weighted by Gasteiger charge is 2.05. The first-order chi connectivity index (χ1) is 6.83. The van der Waals surface area contributed by atoms with Crippen molar-refractivity contribution in [1.29, 1.82) is 0 Å². The molecule has 1 aromatic carbocycles. The SMILES string of the molecule is CNCc1c(Cl)ccc2cccnc12. The average Bonchev–Trinajstić information content (AvgIpc) is 2.23. The van der Waals surface area contributed by atoms with E-state index in [9.17, 15) is 0 Å². The molecule has 1 heterocycles. The Morgan fingerprint density at radius 1 is 1.36 bits per heavy atom. The van der Waals surface area contributed by atoms with Crippen molar-refractivity contribution < 1.29 is 0 Å². The van der Waals surface area contributed by atoms with Gasteiger partial charge in [0.1, 0.15) is 0 Å². The Hall–Kier alpha value is -1.12. The van der Waals surface area contributed by atoms with E-state index in [4.69, 9.17) is 11.6 Å². The predicted molar refractivity (Wildman–Crippen MR) is 59.5 cm³/mol. The molecule has 0 atom stereocenters. The van der Waals surface area contributed by atoms with Crippen molar-refractivity contribution in [3.63, 3.8) is 0 Å². The second-order valence-corrected chi connectivity index (χ2v) is 3.54. The number of fused-ring (bicyclic) bond motifs is 1. The molecule has 0 unspecified atom stereocenters. The van der Waals surface area contributed by atoms with Crippen molar-refractivity contribution >= 4 is 22.5 Å². The summed E-state index contributed by atoms with van der Waals surface area (Å²) in [6.07, 6.45) is 1.79. The van der Waals surface area contributed by atoms with Gasteiger partial charge in [0.15, 0.2) is 0 Å². The average molecular weight is 207 g/mol. The lowest BCUT2D eigenvalue weighted by molar-refractivity contribution is 0.822. The lowest BCUT2D eigenvalue weighted by Crippen LogP contribution is -2.06. The van der Waals surface area contributed by atoms with Crippen molar-refractivity contribution in [2.45, 2.75) is 6.54 Å². The van der Waals surface area contributed by atoms with Gasteiger partial charge in [-0.05, 0) is 19.2 Å². The number of rotatable bonds is 2. The molecule has 0 saturated carbocycles. The fourth-order valence-electron chi connectivity index (χ4n) is 1.53. The second kappa shape index (κ2) is 3.95. The lowest BCUT2D eigenvalue weighted by Gasteiger charge is -2.06. The molecule has 0 saturated heterocycles. The van der Waals surface area contributed by atoms with Gasteiger partial charge in [0.25, 0.3) is 0 Å². The van der Waals surface area contributed by atoms with Crippen LogP contribution in [0.3, 0.4) is 0 Å². The van der Waals surface area contributed by atoms with Crippen molar-refractivity contribution in [3.8, 4) is 0 Å². The van der Waals surface area contributed by atoms with Crippen LogP contribution in [0.5, 0.6) is 0 Å². The largest absolute Gasteiger partial charge is 0.316 e. The molecule has 0 amide bonds. The maximum atomic E-state index is 6.10. The summed E-state index contributed by atoms with van der Waals surface area (Å²) in [7, 11) is 1.90. The number of hydrogen-bond donors (Lipinski definition) is 1.